The highest BCUT2D eigenvalue weighted by Crippen LogP contribution is 2.24. The van der Waals surface area contributed by atoms with Crippen LogP contribution < -0.4 is 10.2 Å². The lowest BCUT2D eigenvalue weighted by molar-refractivity contribution is 0.208. The van der Waals surface area contributed by atoms with E-state index in [9.17, 15) is 9.18 Å². The van der Waals surface area contributed by atoms with Crippen LogP contribution in [0.1, 0.15) is 0 Å². The molecule has 4 rings (SSSR count). The van der Waals surface area contributed by atoms with Gasteiger partial charge in [-0.1, -0.05) is 29.8 Å². The van der Waals surface area contributed by atoms with E-state index in [1.807, 2.05) is 30.3 Å². The Morgan fingerprint density at radius 1 is 1.07 bits per heavy atom. The maximum absolute atomic E-state index is 13.3. The van der Waals surface area contributed by atoms with Gasteiger partial charge in [0.05, 0.1) is 16.2 Å². The number of nitrogens with zero attached hydrogens (tertiary/aromatic N) is 3. The molecular weight excluding hydrogens is 367 g/mol. The molecule has 2 aromatic carbocycles. The Morgan fingerprint density at radius 2 is 1.85 bits per heavy atom. The van der Waals surface area contributed by atoms with Crippen LogP contribution in [-0.2, 0) is 0 Å². The van der Waals surface area contributed by atoms with Crippen LogP contribution >= 0.6 is 11.6 Å². The molecular formula is C20H18ClFN4O. The average Bonchev–Trinajstić information content (AvgIpc) is 2.70. The fraction of sp³-hybridized carbons (Fsp3) is 0.200. The number of halogens is 2. The molecule has 1 aliphatic heterocycles. The minimum atomic E-state index is -0.429. The molecule has 0 saturated carbocycles. The summed E-state index contributed by atoms with van der Waals surface area (Å²) in [6.07, 6.45) is 1.71. The van der Waals surface area contributed by atoms with E-state index in [2.05, 4.69) is 15.2 Å². The van der Waals surface area contributed by atoms with Gasteiger partial charge in [-0.25, -0.2) is 9.18 Å². The number of para-hydroxylation sites is 1. The summed E-state index contributed by atoms with van der Waals surface area (Å²) in [6, 6.07) is 14.1. The number of aromatic nitrogens is 1. The predicted molar refractivity (Wildman–Crippen MR) is 106 cm³/mol. The van der Waals surface area contributed by atoms with E-state index >= 15 is 0 Å². The first-order valence-corrected chi connectivity index (χ1v) is 9.09. The number of piperazine rings is 1. The van der Waals surface area contributed by atoms with Crippen molar-refractivity contribution in [2.75, 3.05) is 36.4 Å². The van der Waals surface area contributed by atoms with Crippen molar-refractivity contribution in [3.8, 4) is 0 Å². The molecule has 138 valence electrons. The third-order valence-electron chi connectivity index (χ3n) is 4.71. The quantitative estimate of drug-likeness (QED) is 0.713. The summed E-state index contributed by atoms with van der Waals surface area (Å²) in [5.41, 5.74) is 2.33. The van der Waals surface area contributed by atoms with Gasteiger partial charge in [0.15, 0.2) is 0 Å². The van der Waals surface area contributed by atoms with E-state index in [0.29, 0.717) is 31.9 Å². The van der Waals surface area contributed by atoms with Crippen molar-refractivity contribution in [1.82, 2.24) is 9.88 Å². The molecule has 1 aromatic heterocycles. The standard InChI is InChI=1S/C20H18ClFN4O/c21-16-13-15(6-7-17(16)22)25-9-11-26(12-10-25)20(27)24-18-5-1-3-14-4-2-8-23-19(14)18/h1-8,13H,9-12H2,(H,24,27). The third-order valence-corrected chi connectivity index (χ3v) is 5.00. The molecule has 0 spiro atoms. The maximum atomic E-state index is 13.3. The van der Waals surface area contributed by atoms with E-state index in [-0.39, 0.29) is 11.1 Å². The molecule has 1 aliphatic rings. The first kappa shape index (κ1) is 17.5. The van der Waals surface area contributed by atoms with Crippen LogP contribution in [0.15, 0.2) is 54.7 Å². The van der Waals surface area contributed by atoms with Crippen LogP contribution in [0.3, 0.4) is 0 Å². The SMILES string of the molecule is O=C(Nc1cccc2cccnc12)N1CCN(c2ccc(F)c(Cl)c2)CC1. The van der Waals surface area contributed by atoms with Gasteiger partial charge in [-0.2, -0.15) is 0 Å². The summed E-state index contributed by atoms with van der Waals surface area (Å²) in [5.74, 6) is -0.429. The minimum absolute atomic E-state index is 0.108. The zero-order valence-corrected chi connectivity index (χ0v) is 15.3. The number of carbonyl (C=O) groups excluding carboxylic acids is 1. The van der Waals surface area contributed by atoms with E-state index < -0.39 is 5.82 Å². The Morgan fingerprint density at radius 3 is 2.63 bits per heavy atom. The molecule has 1 N–H and O–H groups in total. The highest BCUT2D eigenvalue weighted by Gasteiger charge is 2.22. The van der Waals surface area contributed by atoms with E-state index in [1.165, 1.54) is 6.07 Å². The largest absolute Gasteiger partial charge is 0.368 e. The average molecular weight is 385 g/mol. The highest BCUT2D eigenvalue weighted by atomic mass is 35.5. The number of urea groups is 1. The number of benzene rings is 2. The molecule has 7 heteroatoms. The second kappa shape index (κ2) is 7.40. The van der Waals surface area contributed by atoms with Gasteiger partial charge in [-0.15, -0.1) is 0 Å². The van der Waals surface area contributed by atoms with Crippen molar-refractivity contribution in [2.45, 2.75) is 0 Å². The molecule has 3 aromatic rings. The summed E-state index contributed by atoms with van der Waals surface area (Å²) < 4.78 is 13.3. The van der Waals surface area contributed by atoms with Gasteiger partial charge >= 0.3 is 6.03 Å². The number of nitrogens with one attached hydrogen (secondary N) is 1. The number of pyridine rings is 1. The number of carbonyl (C=O) groups is 1. The van der Waals surface area contributed by atoms with Crippen LogP contribution in [0, 0.1) is 5.82 Å². The van der Waals surface area contributed by atoms with Crippen molar-refractivity contribution < 1.29 is 9.18 Å². The fourth-order valence-corrected chi connectivity index (χ4v) is 3.42. The molecule has 1 saturated heterocycles. The predicted octanol–water partition coefficient (Wildman–Crippen LogP) is 4.38. The van der Waals surface area contributed by atoms with Crippen molar-refractivity contribution in [3.05, 3.63) is 65.6 Å². The van der Waals surface area contributed by atoms with Crippen molar-refractivity contribution in [2.24, 2.45) is 0 Å². The zero-order chi connectivity index (χ0) is 18.8. The summed E-state index contributed by atoms with van der Waals surface area (Å²) >= 11 is 5.87. The molecule has 0 aliphatic carbocycles. The molecule has 0 atom stereocenters. The monoisotopic (exact) mass is 384 g/mol. The topological polar surface area (TPSA) is 48.5 Å². The minimum Gasteiger partial charge on any atom is -0.368 e. The van der Waals surface area contributed by atoms with Crippen LogP contribution in [0.4, 0.5) is 20.6 Å². The number of rotatable bonds is 2. The Kier molecular flexibility index (Phi) is 4.81. The Hall–Kier alpha value is -2.86. The first-order valence-electron chi connectivity index (χ1n) is 8.71. The number of anilines is 2. The maximum Gasteiger partial charge on any atom is 0.322 e. The summed E-state index contributed by atoms with van der Waals surface area (Å²) in [7, 11) is 0. The Labute approximate surface area is 161 Å². The lowest BCUT2D eigenvalue weighted by atomic mass is 10.2. The molecule has 0 bridgehead atoms. The summed E-state index contributed by atoms with van der Waals surface area (Å²) in [5, 5.41) is 4.05. The van der Waals surface area contributed by atoms with E-state index in [1.54, 1.807) is 23.2 Å². The smallest absolute Gasteiger partial charge is 0.322 e. The zero-order valence-electron chi connectivity index (χ0n) is 14.5. The fourth-order valence-electron chi connectivity index (χ4n) is 3.25. The van der Waals surface area contributed by atoms with Gasteiger partial charge in [0.25, 0.3) is 0 Å². The van der Waals surface area contributed by atoms with E-state index in [0.717, 1.165) is 16.6 Å². The number of fused-ring (bicyclic) bond motifs is 1. The molecule has 2 amide bonds. The van der Waals surface area contributed by atoms with Gasteiger partial charge in [0, 0.05) is 43.4 Å². The lowest BCUT2D eigenvalue weighted by Gasteiger charge is -2.36. The third kappa shape index (κ3) is 3.66. The molecule has 2 heterocycles. The highest BCUT2D eigenvalue weighted by molar-refractivity contribution is 6.31. The number of hydrogen-bond donors (Lipinski definition) is 1. The van der Waals surface area contributed by atoms with Crippen molar-refractivity contribution in [1.29, 1.82) is 0 Å². The first-order chi connectivity index (χ1) is 13.1. The van der Waals surface area contributed by atoms with Gasteiger partial charge in [-0.3, -0.25) is 4.98 Å². The second-order valence-electron chi connectivity index (χ2n) is 6.38. The molecule has 5 nitrogen and oxygen atoms in total. The van der Waals surface area contributed by atoms with Crippen molar-refractivity contribution >= 4 is 39.9 Å². The van der Waals surface area contributed by atoms with Gasteiger partial charge in [-0.05, 0) is 30.3 Å². The van der Waals surface area contributed by atoms with Gasteiger partial charge in [0.1, 0.15) is 5.82 Å². The van der Waals surface area contributed by atoms with Gasteiger partial charge < -0.3 is 15.1 Å². The normalized spacial score (nSPS) is 14.4. The van der Waals surface area contributed by atoms with Crippen LogP contribution in [0.2, 0.25) is 5.02 Å². The molecule has 0 radical (unpaired) electrons. The number of amides is 2. The lowest BCUT2D eigenvalue weighted by Crippen LogP contribution is -2.50. The summed E-state index contributed by atoms with van der Waals surface area (Å²) in [4.78, 5) is 20.9. The molecule has 27 heavy (non-hydrogen) atoms. The second-order valence-corrected chi connectivity index (χ2v) is 6.79. The van der Waals surface area contributed by atoms with Crippen LogP contribution in [0.5, 0.6) is 0 Å². The van der Waals surface area contributed by atoms with E-state index in [4.69, 9.17) is 11.6 Å². The Bertz CT molecular complexity index is 983. The van der Waals surface area contributed by atoms with Crippen LogP contribution in [-0.4, -0.2) is 42.1 Å². The summed E-state index contributed by atoms with van der Waals surface area (Å²) in [6.45, 7) is 2.45. The Balaban J connectivity index is 1.42. The van der Waals surface area contributed by atoms with Crippen LogP contribution in [0.25, 0.3) is 10.9 Å². The molecule has 0 unspecified atom stereocenters. The van der Waals surface area contributed by atoms with Gasteiger partial charge in [0.2, 0.25) is 0 Å². The van der Waals surface area contributed by atoms with Crippen molar-refractivity contribution in [3.63, 3.8) is 0 Å². The molecule has 1 fully saturated rings. The number of hydrogen-bond acceptors (Lipinski definition) is 3.